The van der Waals surface area contributed by atoms with Crippen LogP contribution in [0.1, 0.15) is 19.4 Å². The van der Waals surface area contributed by atoms with Crippen molar-refractivity contribution in [3.05, 3.63) is 28.8 Å². The first-order valence-electron chi connectivity index (χ1n) is 6.42. The zero-order chi connectivity index (χ0) is 14.9. The number of anilines is 1. The second-order valence-corrected chi connectivity index (χ2v) is 5.70. The molecule has 0 unspecified atom stereocenters. The molecular weight excluding hydrogens is 278 g/mol. The van der Waals surface area contributed by atoms with Gasteiger partial charge in [-0.25, -0.2) is 0 Å². The number of benzene rings is 1. The predicted octanol–water partition coefficient (Wildman–Crippen LogP) is 1.30. The Morgan fingerprint density at radius 3 is 2.75 bits per heavy atom. The Morgan fingerprint density at radius 1 is 1.40 bits per heavy atom. The number of nitrogens with zero attached hydrogens (tertiary/aromatic N) is 1. The van der Waals surface area contributed by atoms with Gasteiger partial charge >= 0.3 is 0 Å². The van der Waals surface area contributed by atoms with E-state index in [1.165, 1.54) is 0 Å². The molecule has 6 heteroatoms. The van der Waals surface area contributed by atoms with E-state index < -0.39 is 5.54 Å². The smallest absolute Gasteiger partial charge is 0.251 e. The van der Waals surface area contributed by atoms with Crippen LogP contribution in [0.4, 0.5) is 5.69 Å². The molecule has 1 aliphatic rings. The number of halogens is 1. The van der Waals surface area contributed by atoms with Crippen LogP contribution in [0.2, 0.25) is 5.02 Å². The minimum atomic E-state index is -0.804. The number of carbonyl (C=O) groups is 2. The van der Waals surface area contributed by atoms with Crippen LogP contribution in [0.15, 0.2) is 18.2 Å². The number of hydrogen-bond acceptors (Lipinski definition) is 4. The monoisotopic (exact) mass is 295 g/mol. The van der Waals surface area contributed by atoms with Gasteiger partial charge in [-0.05, 0) is 33.0 Å². The summed E-state index contributed by atoms with van der Waals surface area (Å²) in [7, 11) is 1.83. The summed E-state index contributed by atoms with van der Waals surface area (Å²) >= 11 is 6.24. The molecule has 1 fully saturated rings. The summed E-state index contributed by atoms with van der Waals surface area (Å²) in [4.78, 5) is 25.5. The molecule has 0 aromatic heterocycles. The Morgan fingerprint density at radius 2 is 2.10 bits per heavy atom. The average molecular weight is 296 g/mol. The maximum atomic E-state index is 12.0. The Bertz CT molecular complexity index is 557. The van der Waals surface area contributed by atoms with Crippen molar-refractivity contribution in [1.82, 2.24) is 10.6 Å². The molecule has 0 radical (unpaired) electrons. The van der Waals surface area contributed by atoms with Gasteiger partial charge in [0, 0.05) is 22.8 Å². The number of hydrogen-bond donors (Lipinski definition) is 2. The van der Waals surface area contributed by atoms with E-state index in [2.05, 4.69) is 10.6 Å². The van der Waals surface area contributed by atoms with Gasteiger partial charge in [0.25, 0.3) is 5.91 Å². The molecule has 0 bridgehead atoms. The Balaban J connectivity index is 2.51. The first-order chi connectivity index (χ1) is 9.37. The van der Waals surface area contributed by atoms with Crippen LogP contribution in [0.3, 0.4) is 0 Å². The van der Waals surface area contributed by atoms with E-state index in [1.807, 2.05) is 19.2 Å². The number of amides is 2. The molecule has 0 saturated carbocycles. The third kappa shape index (κ3) is 2.51. The van der Waals surface area contributed by atoms with E-state index >= 15 is 0 Å². The van der Waals surface area contributed by atoms with Crippen molar-refractivity contribution < 1.29 is 9.59 Å². The molecule has 0 aliphatic carbocycles. The van der Waals surface area contributed by atoms with Crippen molar-refractivity contribution in [3.8, 4) is 0 Å². The SMILES string of the molecule is CNCc1c(Cl)cccc1N1CC(=O)NC(=O)C1(C)C. The van der Waals surface area contributed by atoms with E-state index in [0.717, 1.165) is 11.3 Å². The largest absolute Gasteiger partial charge is 0.348 e. The molecule has 1 aromatic carbocycles. The molecule has 108 valence electrons. The van der Waals surface area contributed by atoms with Gasteiger partial charge in [-0.3, -0.25) is 14.9 Å². The molecule has 1 aromatic rings. The lowest BCUT2D eigenvalue weighted by Gasteiger charge is -2.42. The van der Waals surface area contributed by atoms with Crippen molar-refractivity contribution in [3.63, 3.8) is 0 Å². The molecule has 2 amide bonds. The molecule has 2 N–H and O–H groups in total. The molecule has 1 saturated heterocycles. The first kappa shape index (κ1) is 14.8. The van der Waals surface area contributed by atoms with Crippen LogP contribution in [0.25, 0.3) is 0 Å². The third-order valence-electron chi connectivity index (χ3n) is 3.52. The normalized spacial score (nSPS) is 18.1. The zero-order valence-electron chi connectivity index (χ0n) is 11.8. The highest BCUT2D eigenvalue weighted by Crippen LogP contribution is 2.33. The summed E-state index contributed by atoms with van der Waals surface area (Å²) in [6.45, 7) is 4.28. The maximum absolute atomic E-state index is 12.0. The molecule has 0 spiro atoms. The van der Waals surface area contributed by atoms with Crippen molar-refractivity contribution in [2.24, 2.45) is 0 Å². The highest BCUT2D eigenvalue weighted by atomic mass is 35.5. The number of nitrogens with one attached hydrogen (secondary N) is 2. The fourth-order valence-corrected chi connectivity index (χ4v) is 2.56. The van der Waals surface area contributed by atoms with Crippen LogP contribution in [0.5, 0.6) is 0 Å². The van der Waals surface area contributed by atoms with Gasteiger partial charge in [-0.2, -0.15) is 0 Å². The average Bonchev–Trinajstić information content (AvgIpc) is 2.37. The molecule has 20 heavy (non-hydrogen) atoms. The van der Waals surface area contributed by atoms with Crippen LogP contribution in [0, 0.1) is 0 Å². The summed E-state index contributed by atoms with van der Waals surface area (Å²) in [5.41, 5.74) is 0.883. The topological polar surface area (TPSA) is 61.4 Å². The fourth-order valence-electron chi connectivity index (χ4n) is 2.32. The summed E-state index contributed by atoms with van der Waals surface area (Å²) in [6, 6.07) is 5.51. The lowest BCUT2D eigenvalue weighted by Crippen LogP contribution is -2.64. The van der Waals surface area contributed by atoms with Crippen molar-refractivity contribution in [2.45, 2.75) is 25.9 Å². The van der Waals surface area contributed by atoms with Crippen molar-refractivity contribution in [1.29, 1.82) is 0 Å². The Kier molecular flexibility index (Phi) is 4.01. The molecular formula is C14H18ClN3O2. The number of piperazine rings is 1. The van der Waals surface area contributed by atoms with E-state index in [4.69, 9.17) is 11.6 Å². The predicted molar refractivity (Wildman–Crippen MR) is 78.8 cm³/mol. The van der Waals surface area contributed by atoms with E-state index in [-0.39, 0.29) is 18.4 Å². The van der Waals surface area contributed by atoms with Gasteiger partial charge in [0.05, 0.1) is 6.54 Å². The van der Waals surface area contributed by atoms with E-state index in [9.17, 15) is 9.59 Å². The van der Waals surface area contributed by atoms with Gasteiger partial charge in [0.2, 0.25) is 5.91 Å². The van der Waals surface area contributed by atoms with Crippen molar-refractivity contribution in [2.75, 3.05) is 18.5 Å². The standard InChI is InChI=1S/C14H18ClN3O2/c1-14(2)13(20)17-12(19)8-18(14)11-6-4-5-10(15)9(11)7-16-3/h4-6,16H,7-8H2,1-3H3,(H,17,19,20). The summed E-state index contributed by atoms with van der Waals surface area (Å²) in [6.07, 6.45) is 0. The van der Waals surface area contributed by atoms with Gasteiger partial charge in [0.15, 0.2) is 0 Å². The lowest BCUT2D eigenvalue weighted by molar-refractivity contribution is -0.135. The molecule has 5 nitrogen and oxygen atoms in total. The molecule has 0 atom stereocenters. The van der Waals surface area contributed by atoms with E-state index in [1.54, 1.807) is 24.8 Å². The molecule has 1 heterocycles. The van der Waals surface area contributed by atoms with Gasteiger partial charge in [-0.1, -0.05) is 17.7 Å². The van der Waals surface area contributed by atoms with Gasteiger partial charge < -0.3 is 10.2 Å². The quantitative estimate of drug-likeness (QED) is 0.825. The lowest BCUT2D eigenvalue weighted by atomic mass is 9.96. The summed E-state index contributed by atoms with van der Waals surface area (Å²) in [5.74, 6) is -0.603. The minimum Gasteiger partial charge on any atom is -0.348 e. The highest BCUT2D eigenvalue weighted by Gasteiger charge is 2.41. The molecule has 2 rings (SSSR count). The van der Waals surface area contributed by atoms with Crippen LogP contribution >= 0.6 is 11.6 Å². The number of rotatable bonds is 3. The van der Waals surface area contributed by atoms with Crippen LogP contribution < -0.4 is 15.5 Å². The second-order valence-electron chi connectivity index (χ2n) is 5.29. The summed E-state index contributed by atoms with van der Waals surface area (Å²) in [5, 5.41) is 6.04. The first-order valence-corrected chi connectivity index (χ1v) is 6.79. The summed E-state index contributed by atoms with van der Waals surface area (Å²) < 4.78 is 0. The number of imide groups is 1. The minimum absolute atomic E-state index is 0.135. The Labute approximate surface area is 123 Å². The third-order valence-corrected chi connectivity index (χ3v) is 3.88. The zero-order valence-corrected chi connectivity index (χ0v) is 12.5. The van der Waals surface area contributed by atoms with Crippen molar-refractivity contribution >= 4 is 29.1 Å². The van der Waals surface area contributed by atoms with E-state index in [0.29, 0.717) is 11.6 Å². The molecule has 1 aliphatic heterocycles. The maximum Gasteiger partial charge on any atom is 0.251 e. The Hall–Kier alpha value is -1.59. The van der Waals surface area contributed by atoms with Gasteiger partial charge in [0.1, 0.15) is 5.54 Å². The van der Waals surface area contributed by atoms with Crippen LogP contribution in [-0.2, 0) is 16.1 Å². The second kappa shape index (κ2) is 5.42. The highest BCUT2D eigenvalue weighted by molar-refractivity contribution is 6.31. The van der Waals surface area contributed by atoms with Crippen LogP contribution in [-0.4, -0.2) is 30.9 Å². The number of carbonyl (C=O) groups excluding carboxylic acids is 2. The fraction of sp³-hybridized carbons (Fsp3) is 0.429. The van der Waals surface area contributed by atoms with Gasteiger partial charge in [-0.15, -0.1) is 0 Å².